The normalized spacial score (nSPS) is 15.4. The molecule has 2 heterocycles. The average molecular weight is 414 g/mol. The lowest BCUT2D eigenvalue weighted by Crippen LogP contribution is -2.24. The number of rotatable bonds is 5. The van der Waals surface area contributed by atoms with Gasteiger partial charge in [-0.15, -0.1) is 0 Å². The number of nitrogens with zero attached hydrogens (tertiary/aromatic N) is 3. The van der Waals surface area contributed by atoms with Gasteiger partial charge in [0.15, 0.2) is 34.9 Å². The van der Waals surface area contributed by atoms with E-state index in [-0.39, 0.29) is 23.9 Å². The summed E-state index contributed by atoms with van der Waals surface area (Å²) in [5.74, 6) is 2.22. The molecular weight excluding hydrogens is 396 g/mol. The molecule has 3 aromatic rings. The van der Waals surface area contributed by atoms with Crippen molar-refractivity contribution in [2.45, 2.75) is 6.10 Å². The molecule has 150 valence electrons. The van der Waals surface area contributed by atoms with Crippen LogP contribution in [0, 0.1) is 4.77 Å². The maximum atomic E-state index is 10.0. The molecule has 0 saturated carbocycles. The highest BCUT2D eigenvalue weighted by atomic mass is 32.1. The van der Waals surface area contributed by atoms with Gasteiger partial charge in [-0.3, -0.25) is 0 Å². The summed E-state index contributed by atoms with van der Waals surface area (Å²) in [5.41, 5.74) is 0.636. The number of aromatic nitrogens is 3. The van der Waals surface area contributed by atoms with Gasteiger partial charge >= 0.3 is 0 Å². The van der Waals surface area contributed by atoms with Crippen LogP contribution in [-0.2, 0) is 0 Å². The molecule has 0 aliphatic carbocycles. The largest absolute Gasteiger partial charge is 0.502 e. The minimum atomic E-state index is -0.487. The maximum Gasteiger partial charge on any atom is 0.216 e. The van der Waals surface area contributed by atoms with Gasteiger partial charge in [0, 0.05) is 5.56 Å². The SMILES string of the molecule is COc1cc(/C=N/n2c([C@H]3COc4ccccc4O3)n[nH]c2=S)cc(OC)c1O. The first kappa shape index (κ1) is 18.8. The Hall–Kier alpha value is -3.53. The molecule has 0 bridgehead atoms. The number of methoxy groups -OCH3 is 2. The molecule has 0 fully saturated rings. The van der Waals surface area contributed by atoms with Crippen LogP contribution in [0.2, 0.25) is 0 Å². The topological polar surface area (TPSA) is 103 Å². The van der Waals surface area contributed by atoms with E-state index < -0.39 is 6.10 Å². The monoisotopic (exact) mass is 414 g/mol. The molecule has 0 spiro atoms. The Morgan fingerprint density at radius 2 is 1.93 bits per heavy atom. The van der Waals surface area contributed by atoms with Crippen molar-refractivity contribution in [3.05, 3.63) is 52.6 Å². The molecule has 2 aromatic carbocycles. The van der Waals surface area contributed by atoms with Crippen molar-refractivity contribution in [2.75, 3.05) is 20.8 Å². The van der Waals surface area contributed by atoms with Gasteiger partial charge in [-0.25, -0.2) is 5.10 Å². The molecule has 0 radical (unpaired) electrons. The molecule has 1 aromatic heterocycles. The molecule has 0 amide bonds. The van der Waals surface area contributed by atoms with E-state index in [2.05, 4.69) is 15.3 Å². The van der Waals surface area contributed by atoms with Crippen molar-refractivity contribution in [2.24, 2.45) is 5.10 Å². The highest BCUT2D eigenvalue weighted by molar-refractivity contribution is 7.71. The Morgan fingerprint density at radius 3 is 2.62 bits per heavy atom. The maximum absolute atomic E-state index is 10.0. The van der Waals surface area contributed by atoms with Crippen molar-refractivity contribution in [3.8, 4) is 28.7 Å². The molecule has 1 aliphatic rings. The molecule has 0 saturated heterocycles. The standard InChI is InChI=1S/C19H18N4O5S/c1-25-14-7-11(8-15(26-2)17(14)24)9-20-23-18(21-22-19(23)29)16-10-27-12-5-3-4-6-13(12)28-16/h3-9,16,24H,10H2,1-2H3,(H,22,29)/b20-9+/t16-/m1/s1. The predicted molar refractivity (Wildman–Crippen MR) is 107 cm³/mol. The number of ether oxygens (including phenoxy) is 4. The van der Waals surface area contributed by atoms with E-state index in [4.69, 9.17) is 31.2 Å². The van der Waals surface area contributed by atoms with E-state index in [1.165, 1.54) is 18.9 Å². The summed E-state index contributed by atoms with van der Waals surface area (Å²) in [6.45, 7) is 0.271. The highest BCUT2D eigenvalue weighted by Gasteiger charge is 2.27. The number of hydrogen-bond acceptors (Lipinski definition) is 8. The average Bonchev–Trinajstić information content (AvgIpc) is 3.12. The number of aromatic amines is 1. The number of hydrogen-bond donors (Lipinski definition) is 2. The number of benzene rings is 2. The van der Waals surface area contributed by atoms with Crippen LogP contribution < -0.4 is 18.9 Å². The minimum Gasteiger partial charge on any atom is -0.502 e. The van der Waals surface area contributed by atoms with E-state index in [1.54, 1.807) is 18.3 Å². The van der Waals surface area contributed by atoms with Crippen LogP contribution in [0.4, 0.5) is 0 Å². The zero-order valence-electron chi connectivity index (χ0n) is 15.7. The molecular formula is C19H18N4O5S. The summed E-state index contributed by atoms with van der Waals surface area (Å²) in [6.07, 6.45) is 1.07. The van der Waals surface area contributed by atoms with Crippen molar-refractivity contribution >= 4 is 18.4 Å². The molecule has 29 heavy (non-hydrogen) atoms. The molecule has 0 unspecified atom stereocenters. The first-order valence-corrected chi connectivity index (χ1v) is 9.06. The summed E-state index contributed by atoms with van der Waals surface area (Å²) in [7, 11) is 2.91. The van der Waals surface area contributed by atoms with Crippen molar-refractivity contribution in [1.82, 2.24) is 14.9 Å². The van der Waals surface area contributed by atoms with Gasteiger partial charge in [-0.05, 0) is 36.5 Å². The lowest BCUT2D eigenvalue weighted by Gasteiger charge is -2.25. The summed E-state index contributed by atoms with van der Waals surface area (Å²) in [5, 5.41) is 21.4. The van der Waals surface area contributed by atoms with Gasteiger partial charge in [-0.2, -0.15) is 14.9 Å². The van der Waals surface area contributed by atoms with E-state index in [0.717, 1.165) is 0 Å². The summed E-state index contributed by atoms with van der Waals surface area (Å²) in [6, 6.07) is 10.7. The predicted octanol–water partition coefficient (Wildman–Crippen LogP) is 3.06. The summed E-state index contributed by atoms with van der Waals surface area (Å²) in [4.78, 5) is 0. The Labute approximate surface area is 171 Å². The Bertz CT molecular complexity index is 1100. The fraction of sp³-hybridized carbons (Fsp3) is 0.211. The van der Waals surface area contributed by atoms with Crippen molar-refractivity contribution < 1.29 is 24.1 Å². The highest BCUT2D eigenvalue weighted by Crippen LogP contribution is 2.37. The molecule has 10 heteroatoms. The van der Waals surface area contributed by atoms with Gasteiger partial charge in [0.1, 0.15) is 6.61 Å². The second-order valence-electron chi connectivity index (χ2n) is 6.08. The van der Waals surface area contributed by atoms with Gasteiger partial charge < -0.3 is 24.1 Å². The quantitative estimate of drug-likeness (QED) is 0.488. The minimum absolute atomic E-state index is 0.0841. The first-order valence-electron chi connectivity index (χ1n) is 8.66. The van der Waals surface area contributed by atoms with Crippen molar-refractivity contribution in [1.29, 1.82) is 0 Å². The van der Waals surface area contributed by atoms with Crippen LogP contribution in [0.3, 0.4) is 0 Å². The zero-order chi connectivity index (χ0) is 20.4. The van der Waals surface area contributed by atoms with Gasteiger partial charge in [0.2, 0.25) is 10.5 Å². The van der Waals surface area contributed by atoms with Crippen LogP contribution in [0.25, 0.3) is 0 Å². The van der Waals surface area contributed by atoms with Crippen molar-refractivity contribution in [3.63, 3.8) is 0 Å². The van der Waals surface area contributed by atoms with Crippen LogP contribution in [0.5, 0.6) is 28.7 Å². The smallest absolute Gasteiger partial charge is 0.216 e. The van der Waals surface area contributed by atoms with E-state index >= 15 is 0 Å². The molecule has 2 N–H and O–H groups in total. The van der Waals surface area contributed by atoms with Gasteiger partial charge in [-0.1, -0.05) is 12.1 Å². The number of aromatic hydroxyl groups is 1. The third kappa shape index (κ3) is 3.61. The lowest BCUT2D eigenvalue weighted by atomic mass is 10.2. The molecule has 1 aliphatic heterocycles. The molecule has 4 rings (SSSR count). The van der Waals surface area contributed by atoms with Crippen LogP contribution in [-0.4, -0.2) is 47.0 Å². The number of para-hydroxylation sites is 2. The Morgan fingerprint density at radius 1 is 1.24 bits per heavy atom. The van der Waals surface area contributed by atoms with E-state index in [0.29, 0.717) is 27.7 Å². The number of nitrogens with one attached hydrogen (secondary N) is 1. The third-order valence-electron chi connectivity index (χ3n) is 4.30. The van der Waals surface area contributed by atoms with Gasteiger partial charge in [0.05, 0.1) is 20.4 Å². The second-order valence-corrected chi connectivity index (χ2v) is 6.47. The number of phenols is 1. The van der Waals surface area contributed by atoms with Gasteiger partial charge in [0.25, 0.3) is 0 Å². The van der Waals surface area contributed by atoms with Crippen LogP contribution in [0.15, 0.2) is 41.5 Å². The number of H-pyrrole nitrogens is 1. The summed E-state index contributed by atoms with van der Waals surface area (Å²) >= 11 is 5.30. The third-order valence-corrected chi connectivity index (χ3v) is 4.56. The number of phenolic OH excluding ortho intramolecular Hbond substituents is 1. The van der Waals surface area contributed by atoms with E-state index in [9.17, 15) is 5.11 Å². The second kappa shape index (κ2) is 7.84. The molecule has 1 atom stereocenters. The number of fused-ring (bicyclic) bond motifs is 1. The molecule has 9 nitrogen and oxygen atoms in total. The van der Waals surface area contributed by atoms with E-state index in [1.807, 2.05) is 24.3 Å². The lowest BCUT2D eigenvalue weighted by molar-refractivity contribution is 0.0826. The Kier molecular flexibility index (Phi) is 5.09. The fourth-order valence-corrected chi connectivity index (χ4v) is 3.07. The van der Waals surface area contributed by atoms with Crippen LogP contribution >= 0.6 is 12.2 Å². The Balaban J connectivity index is 1.65. The first-order chi connectivity index (χ1) is 14.1. The zero-order valence-corrected chi connectivity index (χ0v) is 16.5. The summed E-state index contributed by atoms with van der Waals surface area (Å²) < 4.78 is 23.8. The fourth-order valence-electron chi connectivity index (χ4n) is 2.88. The van der Waals surface area contributed by atoms with Crippen LogP contribution in [0.1, 0.15) is 17.5 Å².